The molecule has 3 rings (SSSR count). The van der Waals surface area contributed by atoms with E-state index >= 15 is 0 Å². The van der Waals surface area contributed by atoms with Crippen LogP contribution in [-0.4, -0.2) is 18.5 Å². The highest BCUT2D eigenvalue weighted by molar-refractivity contribution is 9.10. The highest BCUT2D eigenvalue weighted by Gasteiger charge is 2.24. The second kappa shape index (κ2) is 11.0. The zero-order chi connectivity index (χ0) is 20.5. The first-order chi connectivity index (χ1) is 14.2. The summed E-state index contributed by atoms with van der Waals surface area (Å²) in [5.74, 6) is 0.729. The van der Waals surface area contributed by atoms with Crippen LogP contribution in [0.3, 0.4) is 0 Å². The van der Waals surface area contributed by atoms with Gasteiger partial charge in [0, 0.05) is 10.0 Å². The van der Waals surface area contributed by atoms with Crippen LogP contribution < -0.4 is 4.74 Å². The number of rotatable bonds is 10. The molecule has 0 atom stereocenters. The molecule has 0 aromatic heterocycles. The number of hydrogen-bond acceptors (Lipinski definition) is 4. The van der Waals surface area contributed by atoms with Crippen LogP contribution in [0, 0.1) is 0 Å². The molecule has 0 saturated heterocycles. The van der Waals surface area contributed by atoms with Crippen LogP contribution in [0.15, 0.2) is 63.7 Å². The van der Waals surface area contributed by atoms with Gasteiger partial charge in [-0.15, -0.1) is 0 Å². The van der Waals surface area contributed by atoms with E-state index in [9.17, 15) is 4.79 Å². The molecule has 1 heterocycles. The Kier molecular flexibility index (Phi) is 8.05. The van der Waals surface area contributed by atoms with Crippen molar-refractivity contribution in [2.24, 2.45) is 4.99 Å². The summed E-state index contributed by atoms with van der Waals surface area (Å²) in [6.45, 7) is 2.96. The van der Waals surface area contributed by atoms with Crippen molar-refractivity contribution in [3.05, 3.63) is 69.8 Å². The molecule has 0 radical (unpaired) electrons. The van der Waals surface area contributed by atoms with Crippen LogP contribution in [-0.2, 0) is 9.53 Å². The van der Waals surface area contributed by atoms with Gasteiger partial charge in [-0.05, 0) is 54.5 Å². The Morgan fingerprint density at radius 1 is 0.966 bits per heavy atom. The minimum atomic E-state index is -0.439. The zero-order valence-electron chi connectivity index (χ0n) is 16.7. The van der Waals surface area contributed by atoms with Crippen LogP contribution in [0.5, 0.6) is 5.75 Å². The van der Waals surface area contributed by atoms with Gasteiger partial charge in [-0.1, -0.05) is 67.1 Å². The molecule has 152 valence electrons. The molecule has 1 aliphatic heterocycles. The third-order valence-corrected chi connectivity index (χ3v) is 5.19. The van der Waals surface area contributed by atoms with Gasteiger partial charge in [-0.3, -0.25) is 0 Å². The average Bonchev–Trinajstić information content (AvgIpc) is 3.09. The minimum absolute atomic E-state index is 0.295. The van der Waals surface area contributed by atoms with Crippen LogP contribution in [0.1, 0.15) is 56.6 Å². The lowest BCUT2D eigenvalue weighted by molar-refractivity contribution is -0.129. The van der Waals surface area contributed by atoms with Gasteiger partial charge >= 0.3 is 5.97 Å². The van der Waals surface area contributed by atoms with E-state index in [1.807, 2.05) is 48.5 Å². The van der Waals surface area contributed by atoms with Crippen molar-refractivity contribution >= 4 is 33.9 Å². The summed E-state index contributed by atoms with van der Waals surface area (Å²) in [5.41, 5.74) is 1.94. The van der Waals surface area contributed by atoms with E-state index in [0.717, 1.165) is 34.4 Å². The van der Waals surface area contributed by atoms with E-state index in [0.29, 0.717) is 11.6 Å². The number of aliphatic imine (C=N–C) groups is 1. The van der Waals surface area contributed by atoms with Crippen LogP contribution in [0.25, 0.3) is 6.08 Å². The van der Waals surface area contributed by atoms with Crippen molar-refractivity contribution in [3.8, 4) is 5.75 Å². The first-order valence-corrected chi connectivity index (χ1v) is 11.0. The van der Waals surface area contributed by atoms with Gasteiger partial charge < -0.3 is 9.47 Å². The molecule has 5 heteroatoms. The molecule has 1 aliphatic rings. The van der Waals surface area contributed by atoms with Crippen LogP contribution in [0.4, 0.5) is 0 Å². The Morgan fingerprint density at radius 2 is 1.66 bits per heavy atom. The second-order valence-corrected chi connectivity index (χ2v) is 7.94. The molecule has 0 fully saturated rings. The summed E-state index contributed by atoms with van der Waals surface area (Å²) in [6.07, 6.45) is 9.20. The number of cyclic esters (lactones) is 1. The van der Waals surface area contributed by atoms with E-state index in [4.69, 9.17) is 9.47 Å². The molecular weight excluding hydrogens is 430 g/mol. The lowest BCUT2D eigenvalue weighted by Gasteiger charge is -2.06. The molecule has 0 unspecified atom stereocenters. The summed E-state index contributed by atoms with van der Waals surface area (Å²) in [6, 6.07) is 15.2. The zero-order valence-corrected chi connectivity index (χ0v) is 18.3. The highest BCUT2D eigenvalue weighted by atomic mass is 79.9. The van der Waals surface area contributed by atoms with E-state index in [1.54, 1.807) is 6.08 Å². The number of nitrogens with zero attached hydrogens (tertiary/aromatic N) is 1. The molecule has 2 aromatic rings. The number of ether oxygens (including phenoxy) is 2. The van der Waals surface area contributed by atoms with Gasteiger partial charge in [0.05, 0.1) is 6.61 Å². The molecule has 0 saturated carbocycles. The van der Waals surface area contributed by atoms with Gasteiger partial charge in [0.25, 0.3) is 0 Å². The smallest absolute Gasteiger partial charge is 0.363 e. The molecule has 0 bridgehead atoms. The summed E-state index contributed by atoms with van der Waals surface area (Å²) in [5, 5.41) is 0. The molecule has 0 spiro atoms. The fourth-order valence-corrected chi connectivity index (χ4v) is 3.28. The molecular formula is C24H26BrNO3. The van der Waals surface area contributed by atoms with Crippen molar-refractivity contribution in [2.45, 2.75) is 45.4 Å². The molecule has 0 N–H and O–H groups in total. The summed E-state index contributed by atoms with van der Waals surface area (Å²) >= 11 is 3.39. The molecule has 29 heavy (non-hydrogen) atoms. The molecule has 0 aliphatic carbocycles. The maximum atomic E-state index is 12.1. The predicted molar refractivity (Wildman–Crippen MR) is 120 cm³/mol. The van der Waals surface area contributed by atoms with Crippen LogP contribution >= 0.6 is 15.9 Å². The Morgan fingerprint density at radius 3 is 2.38 bits per heavy atom. The van der Waals surface area contributed by atoms with Crippen LogP contribution in [0.2, 0.25) is 0 Å². The average molecular weight is 456 g/mol. The fraction of sp³-hybridized carbons (Fsp3) is 0.333. The summed E-state index contributed by atoms with van der Waals surface area (Å²) in [4.78, 5) is 16.5. The standard InChI is InChI=1S/C24H26BrNO3/c1-2-3-4-5-6-7-16-28-21-14-8-18(9-15-21)17-22-24(27)29-23(26-22)19-10-12-20(25)13-11-19/h8-15,17H,2-7,16H2,1H3. The third kappa shape index (κ3) is 6.57. The quantitative estimate of drug-likeness (QED) is 0.232. The van der Waals surface area contributed by atoms with E-state index in [2.05, 4.69) is 27.8 Å². The number of hydrogen-bond donors (Lipinski definition) is 0. The summed E-state index contributed by atoms with van der Waals surface area (Å²) in [7, 11) is 0. The number of carbonyl (C=O) groups excluding carboxylic acids is 1. The lowest BCUT2D eigenvalue weighted by Crippen LogP contribution is -2.05. The monoisotopic (exact) mass is 455 g/mol. The lowest BCUT2D eigenvalue weighted by atomic mass is 10.1. The normalized spacial score (nSPS) is 14.8. The Balaban J connectivity index is 1.53. The maximum Gasteiger partial charge on any atom is 0.363 e. The number of benzene rings is 2. The van der Waals surface area contributed by atoms with Crippen molar-refractivity contribution in [2.75, 3.05) is 6.61 Å². The first-order valence-electron chi connectivity index (χ1n) is 10.2. The van der Waals surface area contributed by atoms with E-state index in [-0.39, 0.29) is 0 Å². The largest absolute Gasteiger partial charge is 0.494 e. The fourth-order valence-electron chi connectivity index (χ4n) is 3.02. The number of halogens is 1. The van der Waals surface area contributed by atoms with E-state index < -0.39 is 5.97 Å². The molecule has 2 aromatic carbocycles. The number of carbonyl (C=O) groups is 1. The van der Waals surface area contributed by atoms with Crippen molar-refractivity contribution in [1.29, 1.82) is 0 Å². The topological polar surface area (TPSA) is 47.9 Å². The van der Waals surface area contributed by atoms with Gasteiger partial charge in [-0.25, -0.2) is 9.79 Å². The van der Waals surface area contributed by atoms with Gasteiger partial charge in [0.2, 0.25) is 5.90 Å². The number of unbranched alkanes of at least 4 members (excludes halogenated alkanes) is 5. The van der Waals surface area contributed by atoms with Crippen molar-refractivity contribution < 1.29 is 14.3 Å². The van der Waals surface area contributed by atoms with Gasteiger partial charge in [-0.2, -0.15) is 0 Å². The number of esters is 1. The predicted octanol–water partition coefficient (Wildman–Crippen LogP) is 6.53. The Labute approximate surface area is 180 Å². The van der Waals surface area contributed by atoms with E-state index in [1.165, 1.54) is 32.1 Å². The first kappa shape index (κ1) is 21.3. The second-order valence-electron chi connectivity index (χ2n) is 7.03. The Hall–Kier alpha value is -2.40. The highest BCUT2D eigenvalue weighted by Crippen LogP contribution is 2.21. The Bertz CT molecular complexity index is 870. The summed E-state index contributed by atoms with van der Waals surface area (Å²) < 4.78 is 12.1. The molecule has 4 nitrogen and oxygen atoms in total. The van der Waals surface area contributed by atoms with Gasteiger partial charge in [0.15, 0.2) is 5.70 Å². The molecule has 0 amide bonds. The minimum Gasteiger partial charge on any atom is -0.494 e. The SMILES string of the molecule is CCCCCCCCOc1ccc(C=C2N=C(c3ccc(Br)cc3)OC2=O)cc1. The van der Waals surface area contributed by atoms with Crippen molar-refractivity contribution in [1.82, 2.24) is 0 Å². The third-order valence-electron chi connectivity index (χ3n) is 4.66. The maximum absolute atomic E-state index is 12.1. The van der Waals surface area contributed by atoms with Crippen molar-refractivity contribution in [3.63, 3.8) is 0 Å². The van der Waals surface area contributed by atoms with Gasteiger partial charge in [0.1, 0.15) is 5.75 Å².